The fraction of sp³-hybridized carbons (Fsp3) is 0.107. The van der Waals surface area contributed by atoms with Gasteiger partial charge in [-0.05, 0) is 73.2 Å². The number of aryl methyl sites for hydroxylation is 1. The molecule has 0 saturated carbocycles. The van der Waals surface area contributed by atoms with Crippen molar-refractivity contribution >= 4 is 54.6 Å². The Morgan fingerprint density at radius 2 is 1.44 bits per heavy atom. The average molecular weight is 616 g/mol. The summed E-state index contributed by atoms with van der Waals surface area (Å²) in [6, 6.07) is 20.8. The number of benzene rings is 4. The van der Waals surface area contributed by atoms with Crippen molar-refractivity contribution in [2.24, 2.45) is 0 Å². The number of amides is 1. The van der Waals surface area contributed by atoms with E-state index < -0.39 is 26.0 Å². The first-order valence-electron chi connectivity index (χ1n) is 12.0. The topological polar surface area (TPSA) is 140 Å². The van der Waals surface area contributed by atoms with Crippen molar-refractivity contribution in [3.05, 3.63) is 101 Å². The summed E-state index contributed by atoms with van der Waals surface area (Å²) in [6.45, 7) is 1.76. The van der Waals surface area contributed by atoms with E-state index in [1.807, 2.05) is 0 Å². The molecule has 0 heterocycles. The molecule has 41 heavy (non-hydrogen) atoms. The highest BCUT2D eigenvalue weighted by atomic mass is 35.5. The van der Waals surface area contributed by atoms with E-state index in [-0.39, 0.29) is 31.8 Å². The predicted molar refractivity (Wildman–Crippen MR) is 158 cm³/mol. The second-order valence-electron chi connectivity index (χ2n) is 8.72. The minimum atomic E-state index is -4.11. The lowest BCUT2D eigenvalue weighted by Gasteiger charge is -2.14. The van der Waals surface area contributed by atoms with Crippen LogP contribution < -0.4 is 24.2 Å². The average Bonchev–Trinajstić information content (AvgIpc) is 2.94. The summed E-state index contributed by atoms with van der Waals surface area (Å²) in [5, 5.41) is 2.57. The van der Waals surface area contributed by atoms with E-state index in [1.165, 1.54) is 62.8 Å². The Bertz CT molecular complexity index is 1810. The molecule has 1 amide bonds. The zero-order valence-electron chi connectivity index (χ0n) is 22.1. The van der Waals surface area contributed by atoms with Crippen molar-refractivity contribution in [3.63, 3.8) is 0 Å². The second kappa shape index (κ2) is 12.1. The van der Waals surface area contributed by atoms with Gasteiger partial charge in [0.15, 0.2) is 0 Å². The molecule has 0 atom stereocenters. The Balaban J connectivity index is 1.51. The number of methoxy groups -OCH3 is 2. The van der Waals surface area contributed by atoms with E-state index in [9.17, 15) is 21.6 Å². The van der Waals surface area contributed by atoms with Gasteiger partial charge in [-0.2, -0.15) is 0 Å². The van der Waals surface area contributed by atoms with Gasteiger partial charge in [-0.3, -0.25) is 14.2 Å². The molecule has 0 aromatic heterocycles. The molecule has 0 radical (unpaired) electrons. The summed E-state index contributed by atoms with van der Waals surface area (Å²) in [6.07, 6.45) is 0. The number of para-hydroxylation sites is 1. The van der Waals surface area contributed by atoms with Crippen molar-refractivity contribution < 1.29 is 31.1 Å². The predicted octanol–water partition coefficient (Wildman–Crippen LogP) is 5.52. The van der Waals surface area contributed by atoms with Gasteiger partial charge in [-0.15, -0.1) is 0 Å². The van der Waals surface area contributed by atoms with Gasteiger partial charge in [0, 0.05) is 17.3 Å². The highest BCUT2D eigenvalue weighted by Crippen LogP contribution is 2.31. The van der Waals surface area contributed by atoms with Crippen molar-refractivity contribution in [1.29, 1.82) is 0 Å². The van der Waals surface area contributed by atoms with E-state index in [4.69, 9.17) is 21.1 Å². The van der Waals surface area contributed by atoms with Crippen molar-refractivity contribution in [2.75, 3.05) is 29.0 Å². The van der Waals surface area contributed by atoms with Gasteiger partial charge in [0.1, 0.15) is 16.4 Å². The Labute approximate surface area is 243 Å². The molecule has 3 N–H and O–H groups in total. The molecule has 0 bridgehead atoms. The third-order valence-electron chi connectivity index (χ3n) is 5.95. The van der Waals surface area contributed by atoms with Gasteiger partial charge in [0.25, 0.3) is 26.0 Å². The van der Waals surface area contributed by atoms with Gasteiger partial charge in [-0.1, -0.05) is 29.8 Å². The SMILES string of the molecule is COc1ccc(OC)c(NS(=O)(=O)c2ccc(NC(=O)c3ccc(Cl)c(S(=O)(=O)Nc4ccccc4C)c3)cc2)c1. The van der Waals surface area contributed by atoms with Gasteiger partial charge >= 0.3 is 0 Å². The fourth-order valence-electron chi connectivity index (χ4n) is 3.76. The third-order valence-corrected chi connectivity index (χ3v) is 9.17. The normalized spacial score (nSPS) is 11.4. The lowest BCUT2D eigenvalue weighted by Crippen LogP contribution is -2.17. The molecule has 4 aromatic rings. The highest BCUT2D eigenvalue weighted by molar-refractivity contribution is 7.93. The van der Waals surface area contributed by atoms with Crippen LogP contribution >= 0.6 is 11.6 Å². The van der Waals surface area contributed by atoms with E-state index in [0.29, 0.717) is 22.7 Å². The largest absolute Gasteiger partial charge is 0.497 e. The smallest absolute Gasteiger partial charge is 0.263 e. The standard InChI is InChI=1S/C28H26ClN3O7S2/c1-18-6-4-5-7-24(18)31-41(36,37)27-16-19(8-14-23(27)29)28(33)30-20-9-12-22(13-10-20)40(34,35)32-25-17-21(38-2)11-15-26(25)39-3/h4-17,31-32H,1-3H3,(H,30,33). The van der Waals surface area contributed by atoms with E-state index >= 15 is 0 Å². The first-order valence-corrected chi connectivity index (χ1v) is 15.3. The van der Waals surface area contributed by atoms with Gasteiger partial charge < -0.3 is 14.8 Å². The molecule has 0 aliphatic rings. The third kappa shape index (κ3) is 6.91. The number of rotatable bonds is 10. The number of carbonyl (C=O) groups excluding carboxylic acids is 1. The van der Waals surface area contributed by atoms with Crippen LogP contribution in [0.15, 0.2) is 94.7 Å². The van der Waals surface area contributed by atoms with E-state index in [2.05, 4.69) is 14.8 Å². The minimum Gasteiger partial charge on any atom is -0.497 e. The molecule has 0 saturated heterocycles. The molecule has 4 rings (SSSR count). The molecule has 214 valence electrons. The van der Waals surface area contributed by atoms with Crippen molar-refractivity contribution in [2.45, 2.75) is 16.7 Å². The molecule has 0 aliphatic heterocycles. The van der Waals surface area contributed by atoms with E-state index in [1.54, 1.807) is 43.3 Å². The van der Waals surface area contributed by atoms with Crippen LogP contribution in [0, 0.1) is 6.92 Å². The highest BCUT2D eigenvalue weighted by Gasteiger charge is 2.22. The maximum absolute atomic E-state index is 13.0. The van der Waals surface area contributed by atoms with Gasteiger partial charge in [-0.25, -0.2) is 16.8 Å². The lowest BCUT2D eigenvalue weighted by atomic mass is 10.2. The monoisotopic (exact) mass is 615 g/mol. The van der Waals surface area contributed by atoms with Gasteiger partial charge in [0.05, 0.1) is 35.5 Å². The van der Waals surface area contributed by atoms with Crippen LogP contribution in [0.25, 0.3) is 0 Å². The van der Waals surface area contributed by atoms with Gasteiger partial charge in [0.2, 0.25) is 0 Å². The first-order chi connectivity index (χ1) is 19.4. The Hall–Kier alpha value is -4.26. The second-order valence-corrected chi connectivity index (χ2v) is 12.5. The summed E-state index contributed by atoms with van der Waals surface area (Å²) in [5.74, 6) is 0.117. The molecule has 0 fully saturated rings. The Morgan fingerprint density at radius 3 is 2.10 bits per heavy atom. The first kappa shape index (κ1) is 29.7. The quantitative estimate of drug-likeness (QED) is 0.213. The fourth-order valence-corrected chi connectivity index (χ4v) is 6.47. The number of anilines is 3. The molecule has 13 heteroatoms. The molecule has 0 unspecified atom stereocenters. The molecule has 0 aliphatic carbocycles. The zero-order chi connectivity index (χ0) is 29.8. The maximum Gasteiger partial charge on any atom is 0.263 e. The molecular formula is C28H26ClN3O7S2. The Morgan fingerprint density at radius 1 is 0.756 bits per heavy atom. The Kier molecular flexibility index (Phi) is 8.76. The van der Waals surface area contributed by atoms with Crippen LogP contribution in [0.2, 0.25) is 5.02 Å². The van der Waals surface area contributed by atoms with Crippen LogP contribution in [0.5, 0.6) is 11.5 Å². The molecule has 4 aromatic carbocycles. The van der Waals surface area contributed by atoms with Crippen molar-refractivity contribution in [1.82, 2.24) is 0 Å². The van der Waals surface area contributed by atoms with Crippen LogP contribution in [0.4, 0.5) is 17.1 Å². The molecule has 0 spiro atoms. The number of nitrogens with one attached hydrogen (secondary N) is 3. The number of carbonyl (C=O) groups is 1. The molecule has 10 nitrogen and oxygen atoms in total. The number of ether oxygens (including phenoxy) is 2. The summed E-state index contributed by atoms with van der Waals surface area (Å²) >= 11 is 6.18. The van der Waals surface area contributed by atoms with Crippen LogP contribution in [0.1, 0.15) is 15.9 Å². The summed E-state index contributed by atoms with van der Waals surface area (Å²) in [4.78, 5) is 12.6. The minimum absolute atomic E-state index is 0.0306. The number of halogens is 1. The van der Waals surface area contributed by atoms with Crippen LogP contribution in [-0.4, -0.2) is 37.0 Å². The molecular weight excluding hydrogens is 590 g/mol. The number of hydrogen-bond acceptors (Lipinski definition) is 7. The summed E-state index contributed by atoms with van der Waals surface area (Å²) in [5.41, 5.74) is 1.60. The summed E-state index contributed by atoms with van der Waals surface area (Å²) in [7, 11) is -5.24. The van der Waals surface area contributed by atoms with Crippen molar-refractivity contribution in [3.8, 4) is 11.5 Å². The van der Waals surface area contributed by atoms with Crippen LogP contribution in [0.3, 0.4) is 0 Å². The summed E-state index contributed by atoms with van der Waals surface area (Å²) < 4.78 is 67.4. The zero-order valence-corrected chi connectivity index (χ0v) is 24.5. The van der Waals surface area contributed by atoms with E-state index in [0.717, 1.165) is 0 Å². The number of hydrogen-bond donors (Lipinski definition) is 3. The lowest BCUT2D eigenvalue weighted by molar-refractivity contribution is 0.102. The number of sulfonamides is 2. The maximum atomic E-state index is 13.0. The van der Waals surface area contributed by atoms with Crippen LogP contribution in [-0.2, 0) is 20.0 Å².